The lowest BCUT2D eigenvalue weighted by molar-refractivity contribution is 0.649. The van der Waals surface area contributed by atoms with Crippen LogP contribution in [-0.4, -0.2) is 15.0 Å². The van der Waals surface area contributed by atoms with Gasteiger partial charge in [0.15, 0.2) is 0 Å². The molecule has 0 spiro atoms. The highest BCUT2D eigenvalue weighted by molar-refractivity contribution is 6.20. The fraction of sp³-hybridized carbons (Fsp3) is 0.429. The molecule has 18 heavy (non-hydrogen) atoms. The van der Waals surface area contributed by atoms with Gasteiger partial charge in [0.2, 0.25) is 0 Å². The van der Waals surface area contributed by atoms with Crippen LogP contribution in [-0.2, 0) is 6.54 Å². The van der Waals surface area contributed by atoms with E-state index in [-0.39, 0.29) is 5.38 Å². The molecule has 0 bridgehead atoms. The van der Waals surface area contributed by atoms with Crippen molar-refractivity contribution in [1.29, 1.82) is 0 Å². The zero-order valence-corrected chi connectivity index (χ0v) is 11.7. The number of rotatable bonds is 4. The van der Waals surface area contributed by atoms with E-state index in [1.807, 2.05) is 17.8 Å². The zero-order chi connectivity index (χ0) is 13.1. The summed E-state index contributed by atoms with van der Waals surface area (Å²) in [6, 6.07) is 8.62. The third-order valence-electron chi connectivity index (χ3n) is 2.95. The molecule has 2 aromatic rings. The van der Waals surface area contributed by atoms with Gasteiger partial charge in [0.1, 0.15) is 5.69 Å². The van der Waals surface area contributed by atoms with Crippen molar-refractivity contribution in [2.45, 2.75) is 38.6 Å². The van der Waals surface area contributed by atoms with Crippen molar-refractivity contribution in [3.05, 3.63) is 47.3 Å². The van der Waals surface area contributed by atoms with E-state index in [1.165, 1.54) is 11.1 Å². The maximum atomic E-state index is 5.96. The third kappa shape index (κ3) is 3.10. The molecule has 0 fully saturated rings. The molecule has 0 aliphatic carbocycles. The Hall–Kier alpha value is -1.35. The summed E-state index contributed by atoms with van der Waals surface area (Å²) in [4.78, 5) is 0. The van der Waals surface area contributed by atoms with E-state index in [1.54, 1.807) is 0 Å². The van der Waals surface area contributed by atoms with Crippen LogP contribution in [0.25, 0.3) is 0 Å². The molecule has 1 heterocycles. The Morgan fingerprint density at radius 1 is 1.17 bits per heavy atom. The lowest BCUT2D eigenvalue weighted by atomic mass is 10.0. The van der Waals surface area contributed by atoms with Gasteiger partial charge in [-0.1, -0.05) is 43.3 Å². The fourth-order valence-corrected chi connectivity index (χ4v) is 1.87. The van der Waals surface area contributed by atoms with Crippen molar-refractivity contribution in [3.8, 4) is 0 Å². The van der Waals surface area contributed by atoms with Crippen LogP contribution in [0.3, 0.4) is 0 Å². The third-order valence-corrected chi connectivity index (χ3v) is 3.18. The summed E-state index contributed by atoms with van der Waals surface area (Å²) in [5, 5.41) is 8.02. The second-order valence-corrected chi connectivity index (χ2v) is 5.51. The molecule has 0 amide bonds. The van der Waals surface area contributed by atoms with Gasteiger partial charge in [0.05, 0.1) is 18.1 Å². The average Bonchev–Trinajstić information content (AvgIpc) is 2.78. The minimum absolute atomic E-state index is 0.0953. The molecule has 96 valence electrons. The Labute approximate surface area is 113 Å². The number of alkyl halides is 1. The topological polar surface area (TPSA) is 30.7 Å². The molecule has 4 heteroatoms. The van der Waals surface area contributed by atoms with Gasteiger partial charge in [0.25, 0.3) is 0 Å². The molecule has 0 aliphatic heterocycles. The summed E-state index contributed by atoms with van der Waals surface area (Å²) < 4.78 is 1.82. The number of aromatic nitrogens is 3. The van der Waals surface area contributed by atoms with Crippen LogP contribution in [0.5, 0.6) is 0 Å². The number of hydrogen-bond donors (Lipinski definition) is 0. The summed E-state index contributed by atoms with van der Waals surface area (Å²) in [7, 11) is 0. The van der Waals surface area contributed by atoms with Crippen LogP contribution < -0.4 is 0 Å². The van der Waals surface area contributed by atoms with Crippen molar-refractivity contribution in [2.24, 2.45) is 0 Å². The van der Waals surface area contributed by atoms with Crippen molar-refractivity contribution in [3.63, 3.8) is 0 Å². The summed E-state index contributed by atoms with van der Waals surface area (Å²) in [6.45, 7) is 7.02. The van der Waals surface area contributed by atoms with Crippen LogP contribution >= 0.6 is 11.6 Å². The monoisotopic (exact) mass is 263 g/mol. The maximum Gasteiger partial charge on any atom is 0.100 e. The van der Waals surface area contributed by atoms with E-state index in [4.69, 9.17) is 11.6 Å². The highest BCUT2D eigenvalue weighted by Gasteiger charge is 2.07. The number of nitrogens with zero attached hydrogens (tertiary/aromatic N) is 3. The molecule has 0 saturated carbocycles. The molecule has 1 aromatic heterocycles. The average molecular weight is 264 g/mol. The number of benzene rings is 1. The first-order chi connectivity index (χ1) is 8.56. The van der Waals surface area contributed by atoms with Gasteiger partial charge in [0, 0.05) is 0 Å². The van der Waals surface area contributed by atoms with Crippen molar-refractivity contribution >= 4 is 11.6 Å². The molecule has 0 saturated heterocycles. The molecular weight excluding hydrogens is 246 g/mol. The van der Waals surface area contributed by atoms with E-state index in [0.29, 0.717) is 5.92 Å². The quantitative estimate of drug-likeness (QED) is 0.787. The smallest absolute Gasteiger partial charge is 0.100 e. The Kier molecular flexibility index (Phi) is 4.02. The minimum atomic E-state index is -0.0953. The summed E-state index contributed by atoms with van der Waals surface area (Å²) in [5.41, 5.74) is 3.39. The van der Waals surface area contributed by atoms with Gasteiger partial charge in [-0.15, -0.1) is 16.7 Å². The van der Waals surface area contributed by atoms with E-state index in [2.05, 4.69) is 48.4 Å². The van der Waals surface area contributed by atoms with E-state index < -0.39 is 0 Å². The Morgan fingerprint density at radius 3 is 2.33 bits per heavy atom. The molecule has 1 unspecified atom stereocenters. The second kappa shape index (κ2) is 5.53. The molecule has 0 radical (unpaired) electrons. The Morgan fingerprint density at radius 2 is 1.83 bits per heavy atom. The lowest BCUT2D eigenvalue weighted by Gasteiger charge is -2.06. The minimum Gasteiger partial charge on any atom is -0.248 e. The fourth-order valence-electron chi connectivity index (χ4n) is 1.77. The lowest BCUT2D eigenvalue weighted by Crippen LogP contribution is -2.00. The van der Waals surface area contributed by atoms with Gasteiger partial charge < -0.3 is 0 Å². The number of hydrogen-bond acceptors (Lipinski definition) is 2. The van der Waals surface area contributed by atoms with Crippen molar-refractivity contribution in [1.82, 2.24) is 15.0 Å². The van der Waals surface area contributed by atoms with Gasteiger partial charge in [-0.05, 0) is 24.0 Å². The van der Waals surface area contributed by atoms with E-state index in [9.17, 15) is 0 Å². The summed E-state index contributed by atoms with van der Waals surface area (Å²) in [5.74, 6) is 0.564. The predicted octanol–water partition coefficient (Wildman–Crippen LogP) is 3.75. The standard InChI is InChI=1S/C14H18ClN3/c1-10(2)13-6-4-12(5-7-13)8-18-9-14(11(3)15)16-17-18/h4-7,9-11H,8H2,1-3H3. The van der Waals surface area contributed by atoms with Crippen LogP contribution in [0.15, 0.2) is 30.5 Å². The second-order valence-electron chi connectivity index (χ2n) is 4.85. The molecule has 0 N–H and O–H groups in total. The zero-order valence-electron chi connectivity index (χ0n) is 11.0. The molecule has 1 atom stereocenters. The van der Waals surface area contributed by atoms with Crippen LogP contribution in [0.1, 0.15) is 48.9 Å². The highest BCUT2D eigenvalue weighted by atomic mass is 35.5. The molecule has 0 aliphatic rings. The van der Waals surface area contributed by atoms with E-state index >= 15 is 0 Å². The van der Waals surface area contributed by atoms with Gasteiger partial charge in [-0.2, -0.15) is 0 Å². The molecule has 2 rings (SSSR count). The van der Waals surface area contributed by atoms with Crippen LogP contribution in [0.2, 0.25) is 0 Å². The molecule has 3 nitrogen and oxygen atoms in total. The van der Waals surface area contributed by atoms with Crippen LogP contribution in [0.4, 0.5) is 0 Å². The SMILES string of the molecule is CC(C)c1ccc(Cn2cc(C(C)Cl)nn2)cc1. The van der Waals surface area contributed by atoms with Gasteiger partial charge in [-0.3, -0.25) is 0 Å². The number of halogens is 1. The first-order valence-electron chi connectivity index (χ1n) is 6.19. The van der Waals surface area contributed by atoms with Gasteiger partial charge >= 0.3 is 0 Å². The van der Waals surface area contributed by atoms with Crippen LogP contribution in [0, 0.1) is 0 Å². The predicted molar refractivity (Wildman–Crippen MR) is 73.9 cm³/mol. The van der Waals surface area contributed by atoms with Crippen molar-refractivity contribution < 1.29 is 0 Å². The molecular formula is C14H18ClN3. The Balaban J connectivity index is 2.08. The molecule has 1 aromatic carbocycles. The summed E-state index contributed by atoms with van der Waals surface area (Å²) >= 11 is 5.96. The normalized spacial score (nSPS) is 12.9. The highest BCUT2D eigenvalue weighted by Crippen LogP contribution is 2.17. The maximum absolute atomic E-state index is 5.96. The summed E-state index contributed by atoms with van der Waals surface area (Å²) in [6.07, 6.45) is 1.90. The Bertz CT molecular complexity index is 500. The van der Waals surface area contributed by atoms with E-state index in [0.717, 1.165) is 12.2 Å². The largest absolute Gasteiger partial charge is 0.248 e. The van der Waals surface area contributed by atoms with Gasteiger partial charge in [-0.25, -0.2) is 4.68 Å². The first kappa shape index (κ1) is 13.1. The first-order valence-corrected chi connectivity index (χ1v) is 6.63. The van der Waals surface area contributed by atoms with Crippen molar-refractivity contribution in [2.75, 3.05) is 0 Å².